The van der Waals surface area contributed by atoms with E-state index in [-0.39, 0.29) is 17.9 Å². The van der Waals surface area contributed by atoms with E-state index in [1.54, 1.807) is 24.3 Å². The van der Waals surface area contributed by atoms with Gasteiger partial charge in [-0.05, 0) is 25.0 Å². The van der Waals surface area contributed by atoms with Crippen molar-refractivity contribution in [3.8, 4) is 6.07 Å². The Balaban J connectivity index is 1.96. The molecule has 0 fully saturated rings. The summed E-state index contributed by atoms with van der Waals surface area (Å²) in [5.74, 6) is -0.704. The van der Waals surface area contributed by atoms with Crippen LogP contribution in [0.2, 0.25) is 0 Å². The highest BCUT2D eigenvalue weighted by Crippen LogP contribution is 2.31. The molecule has 7 heteroatoms. The Morgan fingerprint density at radius 1 is 1.25 bits per heavy atom. The Morgan fingerprint density at radius 3 is 2.54 bits per heavy atom. The number of hydrogen-bond donors (Lipinski definition) is 1. The summed E-state index contributed by atoms with van der Waals surface area (Å²) < 4.78 is 24.2. The van der Waals surface area contributed by atoms with E-state index in [0.717, 1.165) is 10.4 Å². The zero-order valence-electron chi connectivity index (χ0n) is 13.5. The lowest BCUT2D eigenvalue weighted by molar-refractivity contribution is -0.115. The summed E-state index contributed by atoms with van der Waals surface area (Å²) in [6.07, 6.45) is -0.129. The number of thiophene rings is 1. The van der Waals surface area contributed by atoms with Crippen LogP contribution in [0.5, 0.6) is 0 Å². The van der Waals surface area contributed by atoms with Crippen molar-refractivity contribution in [2.24, 2.45) is 0 Å². The molecule has 0 aliphatic carbocycles. The molecule has 5 nitrogen and oxygen atoms in total. The molecule has 0 unspecified atom stereocenters. The van der Waals surface area contributed by atoms with Gasteiger partial charge in [0.25, 0.3) is 0 Å². The van der Waals surface area contributed by atoms with Gasteiger partial charge in [-0.3, -0.25) is 4.79 Å². The second kappa shape index (κ2) is 7.60. The number of hydrogen-bond acceptors (Lipinski definition) is 5. The fourth-order valence-corrected chi connectivity index (χ4v) is 4.56. The highest BCUT2D eigenvalue weighted by molar-refractivity contribution is 7.90. The fraction of sp³-hybridized carbons (Fsp3) is 0.294. The monoisotopic (exact) mass is 362 g/mol. The molecule has 0 radical (unpaired) electrons. The quantitative estimate of drug-likeness (QED) is 0.855. The smallest absolute Gasteiger partial charge is 0.226 e. The van der Waals surface area contributed by atoms with Crippen molar-refractivity contribution in [2.45, 2.75) is 26.0 Å². The maximum atomic E-state index is 12.1. The number of rotatable bonds is 6. The van der Waals surface area contributed by atoms with E-state index in [0.29, 0.717) is 16.1 Å². The molecule has 1 amide bonds. The van der Waals surface area contributed by atoms with Gasteiger partial charge in [-0.2, -0.15) is 5.26 Å². The number of carbonyl (C=O) groups is 1. The Hall–Kier alpha value is -2.17. The topological polar surface area (TPSA) is 87.0 Å². The van der Waals surface area contributed by atoms with Crippen LogP contribution in [-0.4, -0.2) is 20.1 Å². The van der Waals surface area contributed by atoms with Crippen LogP contribution in [0.15, 0.2) is 30.3 Å². The molecular weight excluding hydrogens is 344 g/mol. The van der Waals surface area contributed by atoms with E-state index in [4.69, 9.17) is 5.26 Å². The van der Waals surface area contributed by atoms with Crippen LogP contribution >= 0.6 is 11.3 Å². The second-order valence-corrected chi connectivity index (χ2v) is 8.88. The molecule has 2 aromatic rings. The first kappa shape index (κ1) is 18.2. The molecule has 0 saturated heterocycles. The van der Waals surface area contributed by atoms with Crippen LogP contribution in [0.1, 0.15) is 28.0 Å². The molecule has 1 aromatic carbocycles. The van der Waals surface area contributed by atoms with Gasteiger partial charge in [0.1, 0.15) is 11.1 Å². The van der Waals surface area contributed by atoms with Crippen molar-refractivity contribution in [3.63, 3.8) is 0 Å². The lowest BCUT2D eigenvalue weighted by atomic mass is 10.2. The van der Waals surface area contributed by atoms with Crippen molar-refractivity contribution >= 4 is 32.1 Å². The molecule has 0 aliphatic rings. The largest absolute Gasteiger partial charge is 0.317 e. The zero-order chi connectivity index (χ0) is 17.7. The number of benzene rings is 1. The summed E-state index contributed by atoms with van der Waals surface area (Å²) in [5.41, 5.74) is 1.99. The average Bonchev–Trinajstić information content (AvgIpc) is 2.80. The third-order valence-electron chi connectivity index (χ3n) is 3.62. The number of aryl methyl sites for hydroxylation is 1. The third-order valence-corrected chi connectivity index (χ3v) is 6.34. The van der Waals surface area contributed by atoms with E-state index < -0.39 is 15.7 Å². The Morgan fingerprint density at radius 2 is 1.92 bits per heavy atom. The molecule has 0 aliphatic heterocycles. The van der Waals surface area contributed by atoms with Gasteiger partial charge in [0.15, 0.2) is 9.84 Å². The van der Waals surface area contributed by atoms with Gasteiger partial charge < -0.3 is 5.32 Å². The Labute approximate surface area is 145 Å². The average molecular weight is 362 g/mol. The highest BCUT2D eigenvalue weighted by Gasteiger charge is 2.17. The molecule has 1 heterocycles. The maximum Gasteiger partial charge on any atom is 0.226 e. The van der Waals surface area contributed by atoms with Crippen molar-refractivity contribution in [1.29, 1.82) is 5.26 Å². The molecule has 24 heavy (non-hydrogen) atoms. The summed E-state index contributed by atoms with van der Waals surface area (Å²) in [6, 6.07) is 10.9. The van der Waals surface area contributed by atoms with Crippen molar-refractivity contribution in [3.05, 3.63) is 51.9 Å². The van der Waals surface area contributed by atoms with Crippen LogP contribution in [0, 0.1) is 25.2 Å². The number of anilines is 1. The number of sulfone groups is 1. The summed E-state index contributed by atoms with van der Waals surface area (Å²) in [4.78, 5) is 13.0. The Kier molecular flexibility index (Phi) is 5.75. The Bertz CT molecular complexity index is 879. The standard InChI is InChI=1S/C17H18N2O3S2/c1-12-13(2)23-17(15(12)10-18)19-16(20)8-9-24(21,22)11-14-6-4-3-5-7-14/h3-7H,8-9,11H2,1-2H3,(H,19,20). The first-order valence-corrected chi connectivity index (χ1v) is 10.0. The summed E-state index contributed by atoms with van der Waals surface area (Å²) in [5, 5.41) is 12.3. The molecule has 1 aromatic heterocycles. The van der Waals surface area contributed by atoms with Gasteiger partial charge in [0.05, 0.1) is 17.1 Å². The molecule has 0 saturated carbocycles. The number of nitrogens with one attached hydrogen (secondary N) is 1. The zero-order valence-corrected chi connectivity index (χ0v) is 15.1. The van der Waals surface area contributed by atoms with Gasteiger partial charge in [-0.15, -0.1) is 11.3 Å². The summed E-state index contributed by atoms with van der Waals surface area (Å²) >= 11 is 1.33. The van der Waals surface area contributed by atoms with E-state index in [2.05, 4.69) is 11.4 Å². The van der Waals surface area contributed by atoms with Crippen LogP contribution < -0.4 is 5.32 Å². The minimum atomic E-state index is -3.36. The lowest BCUT2D eigenvalue weighted by Gasteiger charge is -2.06. The number of nitrogens with zero attached hydrogens (tertiary/aromatic N) is 1. The van der Waals surface area contributed by atoms with Crippen LogP contribution in [0.25, 0.3) is 0 Å². The van der Waals surface area contributed by atoms with E-state index >= 15 is 0 Å². The lowest BCUT2D eigenvalue weighted by Crippen LogP contribution is -2.18. The summed E-state index contributed by atoms with van der Waals surface area (Å²) in [7, 11) is -3.36. The van der Waals surface area contributed by atoms with Crippen LogP contribution in [0.4, 0.5) is 5.00 Å². The first-order valence-electron chi connectivity index (χ1n) is 7.36. The highest BCUT2D eigenvalue weighted by atomic mass is 32.2. The number of nitriles is 1. The predicted octanol–water partition coefficient (Wildman–Crippen LogP) is 3.18. The van der Waals surface area contributed by atoms with Gasteiger partial charge >= 0.3 is 0 Å². The first-order chi connectivity index (χ1) is 11.3. The molecule has 1 N–H and O–H groups in total. The van der Waals surface area contributed by atoms with Gasteiger partial charge in [-0.1, -0.05) is 30.3 Å². The predicted molar refractivity (Wildman–Crippen MR) is 95.7 cm³/mol. The molecule has 2 rings (SSSR count). The van der Waals surface area contributed by atoms with E-state index in [1.807, 2.05) is 19.9 Å². The third kappa shape index (κ3) is 4.66. The van der Waals surface area contributed by atoms with Gasteiger partial charge in [-0.25, -0.2) is 8.42 Å². The van der Waals surface area contributed by atoms with Gasteiger partial charge in [0.2, 0.25) is 5.91 Å². The van der Waals surface area contributed by atoms with Crippen molar-refractivity contribution in [1.82, 2.24) is 0 Å². The van der Waals surface area contributed by atoms with Crippen molar-refractivity contribution in [2.75, 3.05) is 11.1 Å². The molecule has 0 spiro atoms. The molecule has 0 atom stereocenters. The SMILES string of the molecule is Cc1sc(NC(=O)CCS(=O)(=O)Cc2ccccc2)c(C#N)c1C. The van der Waals surface area contributed by atoms with E-state index in [9.17, 15) is 13.2 Å². The minimum Gasteiger partial charge on any atom is -0.317 e. The van der Waals surface area contributed by atoms with E-state index in [1.165, 1.54) is 11.3 Å². The molecular formula is C17H18N2O3S2. The number of amides is 1. The molecule has 0 bridgehead atoms. The van der Waals surface area contributed by atoms with Crippen molar-refractivity contribution < 1.29 is 13.2 Å². The second-order valence-electron chi connectivity index (χ2n) is 5.47. The normalized spacial score (nSPS) is 11.0. The summed E-state index contributed by atoms with van der Waals surface area (Å²) in [6.45, 7) is 3.70. The van der Waals surface area contributed by atoms with Crippen LogP contribution in [-0.2, 0) is 20.4 Å². The number of carbonyl (C=O) groups excluding carboxylic acids is 1. The fourth-order valence-electron chi connectivity index (χ4n) is 2.19. The minimum absolute atomic E-state index is 0.0816. The molecule has 126 valence electrons. The maximum absolute atomic E-state index is 12.1. The van der Waals surface area contributed by atoms with Crippen LogP contribution in [0.3, 0.4) is 0 Å². The van der Waals surface area contributed by atoms with Gasteiger partial charge in [0, 0.05) is 11.3 Å².